The minimum Gasteiger partial charge on any atom is -0.208 e. The van der Waals surface area contributed by atoms with E-state index in [2.05, 4.69) is 82.5 Å². The van der Waals surface area contributed by atoms with Crippen molar-refractivity contribution >= 4 is 45.5 Å². The molecule has 162 valence electrons. The number of aromatic nitrogens is 2. The maximum absolute atomic E-state index is 6.46. The van der Waals surface area contributed by atoms with Gasteiger partial charge in [0.25, 0.3) is 0 Å². The van der Waals surface area contributed by atoms with Crippen molar-refractivity contribution < 1.29 is 9.13 Å². The summed E-state index contributed by atoms with van der Waals surface area (Å²) < 4.78 is 4.11. The Morgan fingerprint density at radius 1 is 0.545 bits per heavy atom. The molecule has 2 aromatic carbocycles. The molecule has 4 heteroatoms. The topological polar surface area (TPSA) is 7.76 Å². The lowest BCUT2D eigenvalue weighted by atomic mass is 9.89. The van der Waals surface area contributed by atoms with E-state index in [9.17, 15) is 0 Å². The molecule has 1 aliphatic carbocycles. The van der Waals surface area contributed by atoms with Crippen LogP contribution in [-0.4, -0.2) is 0 Å². The van der Waals surface area contributed by atoms with E-state index >= 15 is 0 Å². The zero-order valence-corrected chi connectivity index (χ0v) is 20.1. The van der Waals surface area contributed by atoms with Crippen LogP contribution in [0.1, 0.15) is 28.7 Å². The summed E-state index contributed by atoms with van der Waals surface area (Å²) >= 11 is 12.9. The van der Waals surface area contributed by atoms with Gasteiger partial charge in [0.1, 0.15) is 14.1 Å². The summed E-state index contributed by atoms with van der Waals surface area (Å²) in [5, 5.41) is 1.45. The number of allylic oxidation sites excluding steroid dienone is 4. The van der Waals surface area contributed by atoms with Crippen LogP contribution in [0.5, 0.6) is 0 Å². The number of aryl methyl sites for hydroxylation is 2. The Bertz CT molecular complexity index is 1290. The maximum Gasteiger partial charge on any atom is 0.169 e. The molecule has 2 aromatic heterocycles. The molecule has 0 amide bonds. The van der Waals surface area contributed by atoms with E-state index in [-0.39, 0.29) is 0 Å². The van der Waals surface area contributed by atoms with Crippen LogP contribution in [0.2, 0.25) is 10.0 Å². The largest absolute Gasteiger partial charge is 0.208 e. The van der Waals surface area contributed by atoms with Gasteiger partial charge in [0.05, 0.1) is 0 Å². The fourth-order valence-corrected chi connectivity index (χ4v) is 4.86. The molecule has 2 heterocycles. The van der Waals surface area contributed by atoms with Crippen molar-refractivity contribution in [2.45, 2.75) is 6.42 Å². The Morgan fingerprint density at radius 2 is 0.939 bits per heavy atom. The van der Waals surface area contributed by atoms with E-state index in [1.54, 1.807) is 0 Å². The van der Waals surface area contributed by atoms with Gasteiger partial charge in [0, 0.05) is 34.3 Å². The van der Waals surface area contributed by atoms with Crippen molar-refractivity contribution in [3.05, 3.63) is 130 Å². The van der Waals surface area contributed by atoms with Crippen LogP contribution < -0.4 is 9.13 Å². The molecule has 2 nitrogen and oxygen atoms in total. The van der Waals surface area contributed by atoms with Gasteiger partial charge in [-0.2, -0.15) is 0 Å². The minimum atomic E-state index is 0.726. The van der Waals surface area contributed by atoms with Gasteiger partial charge in [-0.3, -0.25) is 0 Å². The highest BCUT2D eigenvalue weighted by Crippen LogP contribution is 2.51. The summed E-state index contributed by atoms with van der Waals surface area (Å²) in [6, 6.07) is 25.0. The third-order valence-electron chi connectivity index (χ3n) is 6.09. The SMILES string of the molecule is C[n+]1ccc(C2=C(c3cccc(Cl)c3)C(c3cccc(Cl)c3)=C(c3cc[n+](C)cc3)C2)cc1. The molecule has 0 bridgehead atoms. The molecular weight excluding hydrogens is 447 g/mol. The smallest absolute Gasteiger partial charge is 0.169 e. The van der Waals surface area contributed by atoms with E-state index < -0.39 is 0 Å². The highest BCUT2D eigenvalue weighted by molar-refractivity contribution is 6.33. The van der Waals surface area contributed by atoms with Crippen molar-refractivity contribution in [2.24, 2.45) is 14.1 Å². The van der Waals surface area contributed by atoms with Gasteiger partial charge >= 0.3 is 0 Å². The van der Waals surface area contributed by atoms with Crippen LogP contribution >= 0.6 is 23.2 Å². The molecule has 4 aromatic rings. The highest BCUT2D eigenvalue weighted by atomic mass is 35.5. The lowest BCUT2D eigenvalue weighted by Gasteiger charge is -2.15. The number of pyridine rings is 2. The molecule has 0 spiro atoms. The summed E-state index contributed by atoms with van der Waals surface area (Å²) in [5.41, 5.74) is 9.62. The van der Waals surface area contributed by atoms with Crippen LogP contribution in [0.4, 0.5) is 0 Å². The zero-order valence-electron chi connectivity index (χ0n) is 18.6. The zero-order chi connectivity index (χ0) is 22.9. The third kappa shape index (κ3) is 4.37. The van der Waals surface area contributed by atoms with Gasteiger partial charge in [0.2, 0.25) is 0 Å². The fourth-order valence-electron chi connectivity index (χ4n) is 4.48. The Morgan fingerprint density at radius 3 is 1.30 bits per heavy atom. The molecule has 0 atom stereocenters. The van der Waals surface area contributed by atoms with E-state index in [0.29, 0.717) is 0 Å². The highest BCUT2D eigenvalue weighted by Gasteiger charge is 2.29. The second-order valence-electron chi connectivity index (χ2n) is 8.41. The van der Waals surface area contributed by atoms with Crippen LogP contribution in [-0.2, 0) is 14.1 Å². The van der Waals surface area contributed by atoms with Crippen LogP contribution in [0.15, 0.2) is 97.6 Å². The average Bonchev–Trinajstić information content (AvgIpc) is 3.21. The van der Waals surface area contributed by atoms with Crippen molar-refractivity contribution in [1.82, 2.24) is 0 Å². The molecule has 0 unspecified atom stereocenters. The van der Waals surface area contributed by atoms with Gasteiger partial charge in [0.15, 0.2) is 24.8 Å². The van der Waals surface area contributed by atoms with E-state index in [1.165, 1.54) is 33.4 Å². The first kappa shape index (κ1) is 21.6. The summed E-state index contributed by atoms with van der Waals surface area (Å²) in [6.07, 6.45) is 9.20. The molecule has 5 rings (SSSR count). The van der Waals surface area contributed by atoms with Crippen molar-refractivity contribution in [2.75, 3.05) is 0 Å². The molecule has 0 aliphatic heterocycles. The van der Waals surface area contributed by atoms with Crippen molar-refractivity contribution in [3.63, 3.8) is 0 Å². The molecule has 1 aliphatic rings. The summed E-state index contributed by atoms with van der Waals surface area (Å²) in [4.78, 5) is 0. The lowest BCUT2D eigenvalue weighted by molar-refractivity contribution is -0.671. The number of hydrogen-bond acceptors (Lipinski definition) is 0. The third-order valence-corrected chi connectivity index (χ3v) is 6.56. The predicted molar refractivity (Wildman–Crippen MR) is 136 cm³/mol. The molecule has 33 heavy (non-hydrogen) atoms. The van der Waals surface area contributed by atoms with E-state index in [1.807, 2.05) is 38.4 Å². The summed E-state index contributed by atoms with van der Waals surface area (Å²) in [6.45, 7) is 0. The molecular formula is C29H24Cl2N2+2. The van der Waals surface area contributed by atoms with Gasteiger partial charge in [-0.05, 0) is 75.2 Å². The Kier molecular flexibility index (Phi) is 5.88. The normalized spacial score (nSPS) is 13.7. The minimum absolute atomic E-state index is 0.726. The second kappa shape index (κ2) is 8.97. The van der Waals surface area contributed by atoms with Crippen LogP contribution in [0, 0.1) is 0 Å². The van der Waals surface area contributed by atoms with Crippen molar-refractivity contribution in [1.29, 1.82) is 0 Å². The Hall–Kier alpha value is -3.20. The number of benzene rings is 2. The predicted octanol–water partition coefficient (Wildman–Crippen LogP) is 6.57. The van der Waals surface area contributed by atoms with E-state index in [4.69, 9.17) is 23.2 Å². The number of halogens is 2. The van der Waals surface area contributed by atoms with Crippen molar-refractivity contribution in [3.8, 4) is 0 Å². The number of nitrogens with zero attached hydrogens (tertiary/aromatic N) is 2. The number of hydrogen-bond donors (Lipinski definition) is 0. The molecule has 0 radical (unpaired) electrons. The molecule has 0 saturated heterocycles. The van der Waals surface area contributed by atoms with Crippen LogP contribution in [0.25, 0.3) is 22.3 Å². The van der Waals surface area contributed by atoms with Gasteiger partial charge in [-0.1, -0.05) is 47.5 Å². The monoisotopic (exact) mass is 470 g/mol. The fraction of sp³-hybridized carbons (Fsp3) is 0.103. The van der Waals surface area contributed by atoms with E-state index in [0.717, 1.165) is 27.6 Å². The Balaban J connectivity index is 1.82. The average molecular weight is 471 g/mol. The molecule has 0 N–H and O–H groups in total. The van der Waals surface area contributed by atoms with Crippen LogP contribution in [0.3, 0.4) is 0 Å². The van der Waals surface area contributed by atoms with Gasteiger partial charge < -0.3 is 0 Å². The lowest BCUT2D eigenvalue weighted by Crippen LogP contribution is -2.26. The maximum atomic E-state index is 6.46. The quantitative estimate of drug-likeness (QED) is 0.298. The number of rotatable bonds is 4. The van der Waals surface area contributed by atoms with Gasteiger partial charge in [-0.15, -0.1) is 0 Å². The standard InChI is InChI=1S/C29H24Cl2N2/c1-32-13-9-20(10-14-32)26-19-27(21-11-15-33(2)16-12-21)29(23-6-4-8-25(31)18-23)28(26)22-5-3-7-24(30)17-22/h3-18H,19H2,1-2H3/q+2. The second-order valence-corrected chi connectivity index (χ2v) is 9.28. The van der Waals surface area contributed by atoms with Gasteiger partial charge in [-0.25, -0.2) is 9.13 Å². The first-order valence-electron chi connectivity index (χ1n) is 10.9. The summed E-state index contributed by atoms with van der Waals surface area (Å²) in [7, 11) is 4.07. The molecule has 0 saturated carbocycles. The molecule has 0 fully saturated rings. The Labute approximate surface area is 204 Å². The first-order chi connectivity index (χ1) is 16.0. The summed E-state index contributed by atoms with van der Waals surface area (Å²) in [5.74, 6) is 0. The first-order valence-corrected chi connectivity index (χ1v) is 11.6.